The molecule has 0 amide bonds. The van der Waals surface area contributed by atoms with Crippen LogP contribution in [0.3, 0.4) is 0 Å². The van der Waals surface area contributed by atoms with Crippen molar-refractivity contribution in [3.63, 3.8) is 0 Å². The molecule has 10 nitrogen and oxygen atoms in total. The topological polar surface area (TPSA) is 174 Å². The van der Waals surface area contributed by atoms with Crippen molar-refractivity contribution in [2.45, 2.75) is 37.9 Å². The molecule has 0 aliphatic rings. The summed E-state index contributed by atoms with van der Waals surface area (Å²) in [6.45, 7) is 1.11. The standard InChI is InChI=1S/C8H12N2O2.C4H6O6/c11-7-9-5-3-1-2-4-6-10-8-12;5-1(3(7)8)2(6)4(9)10/h1-6H2;1-2,5-6H,(H,7,8)(H,9,10). The van der Waals surface area contributed by atoms with E-state index in [9.17, 15) is 19.2 Å². The maximum Gasteiger partial charge on any atom is 0.335 e. The minimum atomic E-state index is -2.27. The van der Waals surface area contributed by atoms with Gasteiger partial charge in [-0.25, -0.2) is 29.2 Å². The van der Waals surface area contributed by atoms with Crippen LogP contribution in [-0.2, 0) is 19.2 Å². The number of aliphatic hydroxyl groups excluding tert-OH is 2. The van der Waals surface area contributed by atoms with Crippen molar-refractivity contribution in [2.24, 2.45) is 9.98 Å². The van der Waals surface area contributed by atoms with Crippen LogP contribution in [0.15, 0.2) is 9.98 Å². The Bertz CT molecular complexity index is 387. The number of carbonyl (C=O) groups is 2. The number of carbonyl (C=O) groups excluding carboxylic acids is 2. The molecule has 0 bridgehead atoms. The predicted molar refractivity (Wildman–Crippen MR) is 71.7 cm³/mol. The van der Waals surface area contributed by atoms with Gasteiger partial charge in [-0.2, -0.15) is 0 Å². The summed E-state index contributed by atoms with van der Waals surface area (Å²) in [4.78, 5) is 45.6. The van der Waals surface area contributed by atoms with Crippen molar-refractivity contribution in [3.8, 4) is 0 Å². The Kier molecular flexibility index (Phi) is 15.0. The Labute approximate surface area is 125 Å². The maximum absolute atomic E-state index is 9.77. The molecule has 22 heavy (non-hydrogen) atoms. The van der Waals surface area contributed by atoms with Gasteiger partial charge in [0.15, 0.2) is 12.2 Å². The fraction of sp³-hybridized carbons (Fsp3) is 0.667. The summed E-state index contributed by atoms with van der Waals surface area (Å²) < 4.78 is 0. The second kappa shape index (κ2) is 15.0. The van der Waals surface area contributed by atoms with E-state index in [1.807, 2.05) is 0 Å². The maximum atomic E-state index is 9.77. The highest BCUT2D eigenvalue weighted by molar-refractivity contribution is 5.83. The van der Waals surface area contributed by atoms with Gasteiger partial charge in [-0.3, -0.25) is 0 Å². The van der Waals surface area contributed by atoms with E-state index in [1.54, 1.807) is 0 Å². The Hall–Kier alpha value is -2.38. The number of rotatable bonds is 10. The first-order chi connectivity index (χ1) is 10.4. The van der Waals surface area contributed by atoms with Gasteiger partial charge in [0.25, 0.3) is 0 Å². The molecule has 0 heterocycles. The normalized spacial score (nSPS) is 11.7. The summed E-state index contributed by atoms with van der Waals surface area (Å²) in [6, 6.07) is 0. The summed E-state index contributed by atoms with van der Waals surface area (Å²) >= 11 is 0. The minimum Gasteiger partial charge on any atom is -0.479 e. The lowest BCUT2D eigenvalue weighted by atomic mass is 10.2. The van der Waals surface area contributed by atoms with Gasteiger partial charge in [-0.05, 0) is 12.8 Å². The summed E-state index contributed by atoms with van der Waals surface area (Å²) in [6.07, 6.45) is 2.27. The zero-order valence-corrected chi connectivity index (χ0v) is 11.7. The average Bonchev–Trinajstić information content (AvgIpc) is 2.49. The average molecular weight is 318 g/mol. The molecule has 0 aliphatic heterocycles. The number of carboxylic acid groups (broad SMARTS) is 2. The van der Waals surface area contributed by atoms with E-state index >= 15 is 0 Å². The van der Waals surface area contributed by atoms with Crippen LogP contribution in [0.5, 0.6) is 0 Å². The molecule has 0 saturated heterocycles. The molecule has 0 saturated carbocycles. The van der Waals surface area contributed by atoms with Crippen LogP contribution < -0.4 is 0 Å². The van der Waals surface area contributed by atoms with Crippen LogP contribution in [-0.4, -0.2) is 69.8 Å². The van der Waals surface area contributed by atoms with Gasteiger partial charge in [0.1, 0.15) is 0 Å². The van der Waals surface area contributed by atoms with Gasteiger partial charge in [0, 0.05) is 0 Å². The van der Waals surface area contributed by atoms with E-state index in [2.05, 4.69) is 9.98 Å². The van der Waals surface area contributed by atoms with E-state index in [-0.39, 0.29) is 0 Å². The van der Waals surface area contributed by atoms with E-state index in [0.29, 0.717) is 13.1 Å². The van der Waals surface area contributed by atoms with Crippen molar-refractivity contribution in [1.29, 1.82) is 0 Å². The zero-order chi connectivity index (χ0) is 17.4. The highest BCUT2D eigenvalue weighted by atomic mass is 16.4. The van der Waals surface area contributed by atoms with Crippen LogP contribution in [0, 0.1) is 0 Å². The van der Waals surface area contributed by atoms with Gasteiger partial charge in [-0.15, -0.1) is 0 Å². The summed E-state index contributed by atoms with van der Waals surface area (Å²) in [5.74, 6) is -3.54. The second-order valence-corrected chi connectivity index (χ2v) is 3.93. The number of carboxylic acids is 2. The Morgan fingerprint density at radius 1 is 0.773 bits per heavy atom. The lowest BCUT2D eigenvalue weighted by Gasteiger charge is -2.07. The quantitative estimate of drug-likeness (QED) is 0.227. The number of nitrogens with zero attached hydrogens (tertiary/aromatic N) is 2. The Morgan fingerprint density at radius 2 is 1.09 bits per heavy atom. The third kappa shape index (κ3) is 14.0. The molecule has 0 aliphatic carbocycles. The molecule has 0 aromatic heterocycles. The summed E-state index contributed by atoms with van der Waals surface area (Å²) in [7, 11) is 0. The number of aliphatic hydroxyl groups is 2. The molecule has 10 heteroatoms. The van der Waals surface area contributed by atoms with Crippen molar-refractivity contribution in [3.05, 3.63) is 0 Å². The highest BCUT2D eigenvalue weighted by Gasteiger charge is 2.29. The van der Waals surface area contributed by atoms with Gasteiger partial charge in [0.2, 0.25) is 12.2 Å². The van der Waals surface area contributed by atoms with E-state index in [1.165, 1.54) is 12.2 Å². The molecule has 0 aromatic rings. The lowest BCUT2D eigenvalue weighted by Crippen LogP contribution is -2.39. The van der Waals surface area contributed by atoms with Gasteiger partial charge < -0.3 is 20.4 Å². The van der Waals surface area contributed by atoms with Crippen molar-refractivity contribution in [1.82, 2.24) is 0 Å². The Morgan fingerprint density at radius 3 is 1.32 bits per heavy atom. The molecular weight excluding hydrogens is 300 g/mol. The third-order valence-corrected chi connectivity index (χ3v) is 2.22. The monoisotopic (exact) mass is 318 g/mol. The van der Waals surface area contributed by atoms with Gasteiger partial charge >= 0.3 is 11.9 Å². The fourth-order valence-electron chi connectivity index (χ4n) is 1.10. The van der Waals surface area contributed by atoms with Crippen molar-refractivity contribution < 1.29 is 39.6 Å². The molecule has 0 rings (SSSR count). The van der Waals surface area contributed by atoms with Crippen LogP contribution in [0.1, 0.15) is 25.7 Å². The molecule has 0 fully saturated rings. The van der Waals surface area contributed by atoms with Gasteiger partial charge in [0.05, 0.1) is 13.1 Å². The van der Waals surface area contributed by atoms with E-state index < -0.39 is 24.1 Å². The number of aliphatic carboxylic acids is 2. The first-order valence-corrected chi connectivity index (χ1v) is 6.27. The molecule has 0 radical (unpaired) electrons. The smallest absolute Gasteiger partial charge is 0.335 e. The molecular formula is C12H18N2O8. The van der Waals surface area contributed by atoms with Crippen LogP contribution in [0.25, 0.3) is 0 Å². The second-order valence-electron chi connectivity index (χ2n) is 3.93. The number of hydrogen-bond donors (Lipinski definition) is 4. The SMILES string of the molecule is O=C(O)C(O)C(O)C(=O)O.O=C=NCCCCCCN=C=O. The van der Waals surface area contributed by atoms with Crippen LogP contribution >= 0.6 is 0 Å². The van der Waals surface area contributed by atoms with Crippen molar-refractivity contribution >= 4 is 24.1 Å². The molecule has 0 spiro atoms. The Balaban J connectivity index is 0. The van der Waals surface area contributed by atoms with E-state index in [4.69, 9.17) is 20.4 Å². The summed E-state index contributed by atoms with van der Waals surface area (Å²) in [5.41, 5.74) is 0. The number of unbranched alkanes of at least 4 members (excludes halogenated alkanes) is 3. The van der Waals surface area contributed by atoms with Crippen LogP contribution in [0.4, 0.5) is 0 Å². The molecule has 0 aromatic carbocycles. The summed E-state index contributed by atoms with van der Waals surface area (Å²) in [5, 5.41) is 32.5. The first kappa shape index (κ1) is 21.9. The molecule has 2 atom stereocenters. The highest BCUT2D eigenvalue weighted by Crippen LogP contribution is 1.99. The lowest BCUT2D eigenvalue weighted by molar-refractivity contribution is -0.165. The molecule has 2 unspecified atom stereocenters. The van der Waals surface area contributed by atoms with Crippen LogP contribution in [0.2, 0.25) is 0 Å². The number of hydrogen-bond acceptors (Lipinski definition) is 8. The third-order valence-electron chi connectivity index (χ3n) is 2.22. The zero-order valence-electron chi connectivity index (χ0n) is 11.7. The first-order valence-electron chi connectivity index (χ1n) is 6.27. The van der Waals surface area contributed by atoms with Gasteiger partial charge in [-0.1, -0.05) is 12.8 Å². The van der Waals surface area contributed by atoms with Crippen molar-refractivity contribution in [2.75, 3.05) is 13.1 Å². The molecule has 124 valence electrons. The fourth-order valence-corrected chi connectivity index (χ4v) is 1.10. The predicted octanol–water partition coefficient (Wildman–Crippen LogP) is -0.904. The minimum absolute atomic E-state index is 0.556. The largest absolute Gasteiger partial charge is 0.479 e. The number of isocyanates is 2. The molecule has 4 N–H and O–H groups in total. The number of aliphatic imine (C=N–C) groups is 2. The van der Waals surface area contributed by atoms with E-state index in [0.717, 1.165) is 25.7 Å².